The molecule has 0 spiro atoms. The van der Waals surface area contributed by atoms with Gasteiger partial charge in [0, 0.05) is 24.7 Å². The van der Waals surface area contributed by atoms with E-state index >= 15 is 0 Å². The fourth-order valence-corrected chi connectivity index (χ4v) is 6.86. The molecular weight excluding hydrogens is 708 g/mol. The van der Waals surface area contributed by atoms with Crippen molar-refractivity contribution >= 4 is 41.3 Å². The van der Waals surface area contributed by atoms with E-state index in [1.807, 2.05) is 0 Å². The van der Waals surface area contributed by atoms with E-state index < -0.39 is 57.9 Å². The highest BCUT2D eigenvalue weighted by Crippen LogP contribution is 2.38. The van der Waals surface area contributed by atoms with Crippen molar-refractivity contribution in [2.24, 2.45) is 0 Å². The minimum atomic E-state index is -0.965. The number of nitrogens with zero attached hydrogens (tertiary/aromatic N) is 3. The molecule has 0 aromatic heterocycles. The number of thioether (sulfide) groups is 1. The second-order valence-corrected chi connectivity index (χ2v) is 14.2. The molecule has 0 saturated carbocycles. The first-order valence-electron chi connectivity index (χ1n) is 16.6. The van der Waals surface area contributed by atoms with Crippen LogP contribution in [0.4, 0.5) is 10.5 Å². The van der Waals surface area contributed by atoms with E-state index in [-0.39, 0.29) is 25.1 Å². The number of urea groups is 1. The molecule has 0 aliphatic carbocycles. The standard InChI is InChI=1S/C37H44N4O11S/c1-9-26(22-14-15-24(27(16-22)41(46)47)35(44)52-37(2,3)4)38-36(45)40-21-33(42)39(19-25-29(50-7)17-23(48-5)18-30(25)51-8)20-32(34(40)43)53-31-13-11-10-12-28(31)49-6/h10-18,26,32H,9,19-21H2,1-8H3,(H,38,45)/t26-,32?/m1/s1. The van der Waals surface area contributed by atoms with E-state index in [2.05, 4.69) is 5.32 Å². The summed E-state index contributed by atoms with van der Waals surface area (Å²) in [5.74, 6) is -0.260. The number of methoxy groups -OCH3 is 4. The van der Waals surface area contributed by atoms with Crippen LogP contribution < -0.4 is 24.3 Å². The second kappa shape index (κ2) is 17.3. The zero-order valence-corrected chi connectivity index (χ0v) is 31.7. The molecule has 1 N–H and O–H groups in total. The van der Waals surface area contributed by atoms with Gasteiger partial charge in [0.2, 0.25) is 11.8 Å². The number of esters is 1. The van der Waals surface area contributed by atoms with Gasteiger partial charge in [-0.2, -0.15) is 0 Å². The summed E-state index contributed by atoms with van der Waals surface area (Å²) < 4.78 is 27.4. The highest BCUT2D eigenvalue weighted by molar-refractivity contribution is 8.00. The molecule has 0 bridgehead atoms. The van der Waals surface area contributed by atoms with Crippen molar-refractivity contribution in [3.05, 3.63) is 81.4 Å². The predicted molar refractivity (Wildman–Crippen MR) is 196 cm³/mol. The molecule has 53 heavy (non-hydrogen) atoms. The number of para-hydroxylation sites is 1. The number of nitrogens with one attached hydrogen (secondary N) is 1. The largest absolute Gasteiger partial charge is 0.496 e. The number of hydrogen-bond acceptors (Lipinski definition) is 12. The minimum absolute atomic E-state index is 0.0217. The van der Waals surface area contributed by atoms with Gasteiger partial charge in [0.15, 0.2) is 0 Å². The van der Waals surface area contributed by atoms with E-state index in [4.69, 9.17) is 23.7 Å². The number of rotatable bonds is 13. The van der Waals surface area contributed by atoms with Crippen LogP contribution >= 0.6 is 11.8 Å². The Hall–Kier alpha value is -5.51. The van der Waals surface area contributed by atoms with Crippen LogP contribution in [-0.4, -0.2) is 90.9 Å². The van der Waals surface area contributed by atoms with Gasteiger partial charge in [-0.25, -0.2) is 9.59 Å². The van der Waals surface area contributed by atoms with Gasteiger partial charge in [0.1, 0.15) is 46.0 Å². The summed E-state index contributed by atoms with van der Waals surface area (Å²) in [5.41, 5.74) is -0.791. The van der Waals surface area contributed by atoms with Crippen LogP contribution in [-0.2, 0) is 20.9 Å². The monoisotopic (exact) mass is 752 g/mol. The van der Waals surface area contributed by atoms with Gasteiger partial charge in [0.25, 0.3) is 5.69 Å². The Morgan fingerprint density at radius 3 is 2.17 bits per heavy atom. The summed E-state index contributed by atoms with van der Waals surface area (Å²) in [6, 6.07) is 12.6. The topological polar surface area (TPSA) is 176 Å². The van der Waals surface area contributed by atoms with Gasteiger partial charge in [0.05, 0.1) is 56.4 Å². The fraction of sp³-hybridized carbons (Fsp3) is 0.405. The number of amides is 4. The maximum absolute atomic E-state index is 14.3. The number of hydrogen-bond donors (Lipinski definition) is 1. The Bertz CT molecular complexity index is 1840. The van der Waals surface area contributed by atoms with Crippen molar-refractivity contribution in [3.63, 3.8) is 0 Å². The van der Waals surface area contributed by atoms with Gasteiger partial charge >= 0.3 is 12.0 Å². The number of nitro benzene ring substituents is 1. The highest BCUT2D eigenvalue weighted by atomic mass is 32.2. The van der Waals surface area contributed by atoms with Crippen LogP contribution in [0.25, 0.3) is 0 Å². The second-order valence-electron chi connectivity index (χ2n) is 12.9. The van der Waals surface area contributed by atoms with E-state index in [0.717, 1.165) is 16.7 Å². The zero-order valence-electron chi connectivity index (χ0n) is 30.9. The highest BCUT2D eigenvalue weighted by Gasteiger charge is 2.40. The lowest BCUT2D eigenvalue weighted by Crippen LogP contribution is -2.49. The Morgan fingerprint density at radius 1 is 0.962 bits per heavy atom. The van der Waals surface area contributed by atoms with Crippen molar-refractivity contribution in [2.45, 2.75) is 62.4 Å². The molecule has 16 heteroatoms. The Balaban J connectivity index is 1.69. The molecule has 15 nitrogen and oxygen atoms in total. The van der Waals surface area contributed by atoms with Gasteiger partial charge in [-0.15, -0.1) is 11.8 Å². The first-order valence-corrected chi connectivity index (χ1v) is 17.5. The molecule has 1 aliphatic rings. The Morgan fingerprint density at radius 2 is 1.60 bits per heavy atom. The minimum Gasteiger partial charge on any atom is -0.496 e. The molecule has 2 atom stereocenters. The summed E-state index contributed by atoms with van der Waals surface area (Å²) in [6.07, 6.45) is 0.257. The Labute approximate surface area is 312 Å². The first kappa shape index (κ1) is 40.3. The summed E-state index contributed by atoms with van der Waals surface area (Å²) >= 11 is 1.14. The summed E-state index contributed by atoms with van der Waals surface area (Å²) in [5, 5.41) is 13.8. The zero-order chi connectivity index (χ0) is 39.0. The fourth-order valence-electron chi connectivity index (χ4n) is 5.64. The van der Waals surface area contributed by atoms with Crippen molar-refractivity contribution < 1.29 is 47.8 Å². The van der Waals surface area contributed by atoms with E-state index in [0.29, 0.717) is 39.0 Å². The van der Waals surface area contributed by atoms with Crippen molar-refractivity contribution in [1.82, 2.24) is 15.1 Å². The van der Waals surface area contributed by atoms with Gasteiger partial charge < -0.3 is 33.9 Å². The van der Waals surface area contributed by atoms with Crippen LogP contribution in [0.3, 0.4) is 0 Å². The maximum Gasteiger partial charge on any atom is 0.345 e. The normalized spacial score (nSPS) is 15.3. The predicted octanol–water partition coefficient (Wildman–Crippen LogP) is 5.78. The lowest BCUT2D eigenvalue weighted by Gasteiger charge is -2.25. The maximum atomic E-state index is 14.3. The lowest BCUT2D eigenvalue weighted by molar-refractivity contribution is -0.385. The number of ether oxygens (including phenoxy) is 5. The third-order valence-electron chi connectivity index (χ3n) is 8.27. The average Bonchev–Trinajstić information content (AvgIpc) is 3.24. The SMILES string of the molecule is CC[C@@H](NC(=O)N1CC(=O)N(Cc2c(OC)cc(OC)cc2OC)CC(Sc2ccccc2OC)C1=O)c1ccc(C(=O)OC(C)(C)C)c([N+](=O)[O-])c1. The summed E-state index contributed by atoms with van der Waals surface area (Å²) in [7, 11) is 5.95. The third kappa shape index (κ3) is 9.68. The number of nitro groups is 1. The van der Waals surface area contributed by atoms with Crippen molar-refractivity contribution in [1.29, 1.82) is 0 Å². The molecule has 1 aliphatic heterocycles. The third-order valence-corrected chi connectivity index (χ3v) is 9.50. The summed E-state index contributed by atoms with van der Waals surface area (Å²) in [6.45, 7) is 5.98. The molecule has 3 aromatic carbocycles. The average molecular weight is 753 g/mol. The summed E-state index contributed by atoms with van der Waals surface area (Å²) in [4.78, 5) is 69.2. The van der Waals surface area contributed by atoms with Gasteiger partial charge in [-0.1, -0.05) is 25.1 Å². The molecule has 1 saturated heterocycles. The van der Waals surface area contributed by atoms with Gasteiger partial charge in [-0.3, -0.25) is 24.6 Å². The molecule has 1 unspecified atom stereocenters. The smallest absolute Gasteiger partial charge is 0.345 e. The number of carbonyl (C=O) groups excluding carboxylic acids is 4. The molecular formula is C37H44N4O11S. The quantitative estimate of drug-likeness (QED) is 0.127. The lowest BCUT2D eigenvalue weighted by atomic mass is 10.0. The molecule has 1 fully saturated rings. The van der Waals surface area contributed by atoms with E-state index in [9.17, 15) is 29.3 Å². The van der Waals surface area contributed by atoms with Crippen LogP contribution in [0.2, 0.25) is 0 Å². The van der Waals surface area contributed by atoms with Crippen molar-refractivity contribution in [2.75, 3.05) is 41.5 Å². The van der Waals surface area contributed by atoms with Gasteiger partial charge in [-0.05, 0) is 51.0 Å². The molecule has 0 radical (unpaired) electrons. The molecule has 4 amide bonds. The van der Waals surface area contributed by atoms with Crippen molar-refractivity contribution in [3.8, 4) is 23.0 Å². The number of imide groups is 1. The number of carbonyl (C=O) groups is 4. The van der Waals surface area contributed by atoms with Crippen LogP contribution in [0, 0.1) is 10.1 Å². The molecule has 4 rings (SSSR count). The van der Waals surface area contributed by atoms with E-state index in [1.54, 1.807) is 64.1 Å². The van der Waals surface area contributed by atoms with Crippen LogP contribution in [0.1, 0.15) is 61.6 Å². The molecule has 1 heterocycles. The van der Waals surface area contributed by atoms with Crippen LogP contribution in [0.15, 0.2) is 59.5 Å². The number of benzene rings is 3. The van der Waals surface area contributed by atoms with E-state index in [1.165, 1.54) is 51.5 Å². The van der Waals surface area contributed by atoms with Crippen LogP contribution in [0.5, 0.6) is 23.0 Å². The first-order chi connectivity index (χ1) is 25.1. The molecule has 284 valence electrons. The Kier molecular flexibility index (Phi) is 13.2. The molecule has 3 aromatic rings.